The number of likely N-dealkylation sites (tertiary alicyclic amines) is 1. The Labute approximate surface area is 311 Å². The Morgan fingerprint density at radius 1 is 1.00 bits per heavy atom. The average molecular weight is 744 g/mol. The molecule has 4 unspecified atom stereocenters. The predicted octanol–water partition coefficient (Wildman–Crippen LogP) is -1.66. The van der Waals surface area contributed by atoms with E-state index >= 15 is 0 Å². The predicted molar refractivity (Wildman–Crippen MR) is 191 cm³/mol. The van der Waals surface area contributed by atoms with Crippen molar-refractivity contribution in [3.05, 3.63) is 65.7 Å². The summed E-state index contributed by atoms with van der Waals surface area (Å²) < 4.78 is 0. The van der Waals surface area contributed by atoms with Crippen LogP contribution in [0.1, 0.15) is 43.2 Å². The molecular formula is C37H45N9O8. The second-order valence-electron chi connectivity index (χ2n) is 14.6. The quantitative estimate of drug-likeness (QED) is 0.130. The molecule has 2 aromatic carbocycles. The van der Waals surface area contributed by atoms with E-state index < -0.39 is 53.7 Å². The van der Waals surface area contributed by atoms with E-state index in [4.69, 9.17) is 5.41 Å². The molecule has 0 radical (unpaired) electrons. The lowest BCUT2D eigenvalue weighted by Crippen LogP contribution is -2.72. The number of benzene rings is 2. The van der Waals surface area contributed by atoms with Crippen LogP contribution in [0.3, 0.4) is 0 Å². The highest BCUT2D eigenvalue weighted by atomic mass is 16.3. The molecule has 7 N–H and O–H groups in total. The van der Waals surface area contributed by atoms with Gasteiger partial charge in [0.05, 0.1) is 25.3 Å². The molecule has 5 saturated heterocycles. The van der Waals surface area contributed by atoms with Crippen LogP contribution in [0.15, 0.2) is 54.6 Å². The third kappa shape index (κ3) is 6.96. The second-order valence-corrected chi connectivity index (χ2v) is 14.6. The Morgan fingerprint density at radius 2 is 1.72 bits per heavy atom. The average Bonchev–Trinajstić information content (AvgIpc) is 3.74. The number of nitrogens with zero attached hydrogens (tertiary/aromatic N) is 4. The van der Waals surface area contributed by atoms with Gasteiger partial charge in [-0.1, -0.05) is 42.5 Å². The Kier molecular flexibility index (Phi) is 10.3. The smallest absolute Gasteiger partial charge is 0.282 e. The molecule has 286 valence electrons. The number of aliphatic hydroxyl groups is 1. The van der Waals surface area contributed by atoms with Gasteiger partial charge < -0.3 is 40.9 Å². The van der Waals surface area contributed by atoms with Crippen LogP contribution in [-0.2, 0) is 41.6 Å². The van der Waals surface area contributed by atoms with E-state index in [1.165, 1.54) is 14.7 Å². The number of aromatic hydroxyl groups is 1. The minimum atomic E-state index is -2.13. The summed E-state index contributed by atoms with van der Waals surface area (Å²) in [7, 11) is 0. The van der Waals surface area contributed by atoms with Gasteiger partial charge in [-0.15, -0.1) is 0 Å². The van der Waals surface area contributed by atoms with Crippen molar-refractivity contribution in [1.82, 2.24) is 40.9 Å². The second kappa shape index (κ2) is 15.1. The molecule has 5 aliphatic rings. The van der Waals surface area contributed by atoms with E-state index in [1.54, 1.807) is 24.3 Å². The molecule has 0 saturated carbocycles. The summed E-state index contributed by atoms with van der Waals surface area (Å²) >= 11 is 0. The molecule has 6 amide bonds. The highest BCUT2D eigenvalue weighted by molar-refractivity contribution is 6.07. The lowest BCUT2D eigenvalue weighted by Gasteiger charge is -2.51. The van der Waals surface area contributed by atoms with Gasteiger partial charge in [-0.3, -0.25) is 44.4 Å². The number of hydrogen-bond donors (Lipinski definition) is 7. The number of rotatable bonds is 11. The molecule has 5 heterocycles. The maximum Gasteiger partial charge on any atom is 0.282 e. The molecule has 54 heavy (non-hydrogen) atoms. The first kappa shape index (κ1) is 36.8. The van der Waals surface area contributed by atoms with Crippen molar-refractivity contribution in [2.45, 2.75) is 86.9 Å². The van der Waals surface area contributed by atoms with E-state index in [2.05, 4.69) is 21.3 Å². The minimum Gasteiger partial charge on any atom is -0.508 e. The van der Waals surface area contributed by atoms with E-state index in [0.29, 0.717) is 38.5 Å². The molecule has 0 spiro atoms. The van der Waals surface area contributed by atoms with Gasteiger partial charge in [0.15, 0.2) is 0 Å². The summed E-state index contributed by atoms with van der Waals surface area (Å²) in [5.74, 6) is -2.53. The van der Waals surface area contributed by atoms with Crippen molar-refractivity contribution in [3.63, 3.8) is 0 Å². The van der Waals surface area contributed by atoms with Crippen LogP contribution in [0.5, 0.6) is 5.75 Å². The standard InChI is InChI=1S/C37H45N9O8/c38-36-42-35(53)37(54)30(9-5-15-46(36)37)41-32(50)27-8-4-14-44(27)34(52)26(39-20-47)19-43-21-45-28(18-31(43)49)25(16-23-10-12-24(48)13-11-23)40-33(51)29(45)17-22-6-2-1-3-7-22/h1-3,6-7,10-13,20,25-30,48,54H,4-5,8-9,14-19,21H2,(H,39,47)(H,40,51)(H,41,50)(H2,38,42,53)/t25?,26?,27?,28?,29-,30+,37-/m1/s1. The number of amides is 6. The molecular weight excluding hydrogens is 698 g/mol. The zero-order chi connectivity index (χ0) is 38.1. The van der Waals surface area contributed by atoms with Crippen molar-refractivity contribution in [1.29, 1.82) is 5.41 Å². The molecule has 2 aromatic rings. The molecule has 5 aliphatic heterocycles. The Bertz CT molecular complexity index is 1810. The van der Waals surface area contributed by atoms with Gasteiger partial charge in [-0.05, 0) is 61.8 Å². The Morgan fingerprint density at radius 3 is 2.46 bits per heavy atom. The first-order valence-corrected chi connectivity index (χ1v) is 18.3. The topological polar surface area (TPSA) is 228 Å². The van der Waals surface area contributed by atoms with Crippen molar-refractivity contribution in [2.75, 3.05) is 26.3 Å². The maximum atomic E-state index is 14.1. The molecule has 0 aromatic heterocycles. The number of piperazine rings is 1. The number of carbonyl (C=O) groups excluding carboxylic acids is 6. The van der Waals surface area contributed by atoms with Crippen LogP contribution in [-0.4, -0.2) is 140 Å². The van der Waals surface area contributed by atoms with E-state index in [-0.39, 0.29) is 68.7 Å². The van der Waals surface area contributed by atoms with Crippen LogP contribution < -0.4 is 21.3 Å². The summed E-state index contributed by atoms with van der Waals surface area (Å²) in [6.45, 7) is 0.285. The normalized spacial score (nSPS) is 28.8. The maximum absolute atomic E-state index is 14.1. The first-order valence-electron chi connectivity index (χ1n) is 18.3. The monoisotopic (exact) mass is 743 g/mol. The lowest BCUT2D eigenvalue weighted by molar-refractivity contribution is -0.161. The zero-order valence-electron chi connectivity index (χ0n) is 29.6. The fourth-order valence-electron chi connectivity index (χ4n) is 8.61. The lowest BCUT2D eigenvalue weighted by atomic mass is 9.88. The van der Waals surface area contributed by atoms with Crippen LogP contribution in [0, 0.1) is 5.41 Å². The third-order valence-corrected chi connectivity index (χ3v) is 11.4. The number of carbonyl (C=O) groups is 6. The van der Waals surface area contributed by atoms with Crippen molar-refractivity contribution >= 4 is 41.9 Å². The first-order chi connectivity index (χ1) is 26.0. The molecule has 0 bridgehead atoms. The van der Waals surface area contributed by atoms with E-state index in [0.717, 1.165) is 11.1 Å². The number of nitrogens with one attached hydrogen (secondary N) is 5. The molecule has 7 atom stereocenters. The Hall–Kier alpha value is -5.55. The highest BCUT2D eigenvalue weighted by Crippen LogP contribution is 2.32. The highest BCUT2D eigenvalue weighted by Gasteiger charge is 2.58. The largest absolute Gasteiger partial charge is 0.508 e. The van der Waals surface area contributed by atoms with Crippen molar-refractivity contribution < 1.29 is 39.0 Å². The number of guanidine groups is 1. The molecule has 5 fully saturated rings. The van der Waals surface area contributed by atoms with Crippen molar-refractivity contribution in [2.24, 2.45) is 0 Å². The summed E-state index contributed by atoms with van der Waals surface area (Å²) in [4.78, 5) is 86.0. The summed E-state index contributed by atoms with van der Waals surface area (Å²) in [5.41, 5.74) is -0.314. The van der Waals surface area contributed by atoms with Crippen molar-refractivity contribution in [3.8, 4) is 5.75 Å². The van der Waals surface area contributed by atoms with Gasteiger partial charge >= 0.3 is 0 Å². The van der Waals surface area contributed by atoms with Crippen LogP contribution in [0.25, 0.3) is 0 Å². The Balaban J connectivity index is 1.07. The van der Waals surface area contributed by atoms with E-state index in [9.17, 15) is 39.0 Å². The summed E-state index contributed by atoms with van der Waals surface area (Å²) in [6.07, 6.45) is 2.81. The zero-order valence-corrected chi connectivity index (χ0v) is 29.6. The molecule has 7 rings (SSSR count). The number of phenols is 1. The number of phenolic OH excluding ortho intramolecular Hbond substituents is 1. The van der Waals surface area contributed by atoms with Gasteiger partial charge in [-0.2, -0.15) is 0 Å². The number of fused-ring (bicyclic) bond motifs is 2. The number of hydrogen-bond acceptors (Lipinski definition) is 10. The van der Waals surface area contributed by atoms with Gasteiger partial charge in [0.25, 0.3) is 5.91 Å². The molecule has 17 nitrogen and oxygen atoms in total. The molecule has 17 heteroatoms. The summed E-state index contributed by atoms with van der Waals surface area (Å²) in [6, 6.07) is 11.6. The van der Waals surface area contributed by atoms with Gasteiger partial charge in [0.2, 0.25) is 41.7 Å². The van der Waals surface area contributed by atoms with Crippen LogP contribution in [0.4, 0.5) is 0 Å². The van der Waals surface area contributed by atoms with E-state index in [1.807, 2.05) is 35.2 Å². The minimum absolute atomic E-state index is 0.0164. The SMILES string of the molecule is N=C1NC(=O)[C@]2(O)[C@@H](NC(=O)C3CCCN3C(=O)C(CN3CN4C(CC3=O)C(Cc3ccc(O)cc3)NC(=O)[C@H]4Cc3ccccc3)NC=O)CCCN12. The van der Waals surface area contributed by atoms with Crippen LogP contribution in [0.2, 0.25) is 0 Å². The number of piperidine rings is 1. The van der Waals surface area contributed by atoms with Gasteiger partial charge in [-0.25, -0.2) is 0 Å². The summed E-state index contributed by atoms with van der Waals surface area (Å²) in [5, 5.41) is 39.9. The third-order valence-electron chi connectivity index (χ3n) is 11.4. The van der Waals surface area contributed by atoms with Gasteiger partial charge in [0, 0.05) is 31.6 Å². The fraction of sp³-hybridized carbons (Fsp3) is 0.486. The molecule has 0 aliphatic carbocycles. The van der Waals surface area contributed by atoms with Gasteiger partial charge in [0.1, 0.15) is 17.8 Å². The fourth-order valence-corrected chi connectivity index (χ4v) is 8.61. The van der Waals surface area contributed by atoms with Crippen LogP contribution >= 0.6 is 0 Å².